The van der Waals surface area contributed by atoms with Gasteiger partial charge in [0.25, 0.3) is 11.8 Å². The molecule has 1 unspecified atom stereocenters. The normalized spacial score (nSPS) is 11.3. The van der Waals surface area contributed by atoms with Crippen LogP contribution >= 0.6 is 0 Å². The number of anilines is 1. The van der Waals surface area contributed by atoms with E-state index in [9.17, 15) is 19.2 Å². The van der Waals surface area contributed by atoms with Crippen LogP contribution in [0.5, 0.6) is 0 Å². The zero-order valence-electron chi connectivity index (χ0n) is 25.1. The Bertz CT molecular complexity index is 1720. The van der Waals surface area contributed by atoms with Crippen LogP contribution in [-0.2, 0) is 20.9 Å². The lowest BCUT2D eigenvalue weighted by molar-refractivity contribution is -0.144. The van der Waals surface area contributed by atoms with Crippen LogP contribution in [0.3, 0.4) is 0 Å². The van der Waals surface area contributed by atoms with Crippen LogP contribution in [-0.4, -0.2) is 42.7 Å². The van der Waals surface area contributed by atoms with E-state index >= 15 is 0 Å². The maximum atomic E-state index is 13.6. The molecule has 4 rings (SSSR count). The van der Waals surface area contributed by atoms with E-state index in [2.05, 4.69) is 10.6 Å². The second kappa shape index (κ2) is 14.6. The zero-order valence-corrected chi connectivity index (χ0v) is 25.1. The van der Waals surface area contributed by atoms with Crippen molar-refractivity contribution < 1.29 is 28.7 Å². The summed E-state index contributed by atoms with van der Waals surface area (Å²) >= 11 is 0. The number of nitrogens with one attached hydrogen (secondary N) is 3. The molecule has 5 N–H and O–H groups in total. The molecule has 0 aliphatic carbocycles. The van der Waals surface area contributed by atoms with Crippen molar-refractivity contribution in [2.45, 2.75) is 26.5 Å². The predicted octanol–water partition coefficient (Wildman–Crippen LogP) is 5.17. The van der Waals surface area contributed by atoms with Crippen molar-refractivity contribution in [3.8, 4) is 11.1 Å². The lowest BCUT2D eigenvalue weighted by atomic mass is 9.93. The zero-order chi connectivity index (χ0) is 32.5. The Hall–Kier alpha value is -5.77. The molecule has 0 spiro atoms. The molecule has 0 radical (unpaired) electrons. The molecule has 0 aromatic heterocycles. The van der Waals surface area contributed by atoms with Gasteiger partial charge in [0.2, 0.25) is 0 Å². The monoisotopic (exact) mass is 606 g/mol. The van der Waals surface area contributed by atoms with E-state index in [-0.39, 0.29) is 35.1 Å². The Morgan fingerprint density at radius 3 is 2.04 bits per heavy atom. The van der Waals surface area contributed by atoms with Crippen LogP contribution in [0.1, 0.15) is 56.0 Å². The number of nitrogen functional groups attached to an aromatic ring is 1. The fraction of sp³-hybridized carbons (Fsp3) is 0.171. The van der Waals surface area contributed by atoms with Gasteiger partial charge in [-0.3, -0.25) is 15.0 Å². The summed E-state index contributed by atoms with van der Waals surface area (Å²) in [6.07, 6.45) is 0. The molecule has 4 aromatic carbocycles. The standard InChI is InChI=1S/C35H34N4O6/c1-21(2)30(35(43)44-3)39-32(40)24-15-18-27(29(19-24)34(42)45-20-22-9-5-4-6-10-22)26-11-7-8-12-28(26)33(41)38-25-16-13-23(14-17-25)31(36)37/h4-19,21,30H,20H2,1-3H3,(H3,36,37)(H,38,41)(H,39,40). The van der Waals surface area contributed by atoms with Gasteiger partial charge in [0.05, 0.1) is 12.7 Å². The van der Waals surface area contributed by atoms with E-state index < -0.39 is 29.8 Å². The molecule has 0 aliphatic heterocycles. The summed E-state index contributed by atoms with van der Waals surface area (Å²) in [5.41, 5.74) is 8.56. The van der Waals surface area contributed by atoms with Crippen molar-refractivity contribution in [3.05, 3.63) is 125 Å². The Kier molecular flexibility index (Phi) is 10.4. The third-order valence-electron chi connectivity index (χ3n) is 7.04. The van der Waals surface area contributed by atoms with Crippen molar-refractivity contribution in [2.24, 2.45) is 11.7 Å². The van der Waals surface area contributed by atoms with E-state index in [0.717, 1.165) is 5.56 Å². The van der Waals surface area contributed by atoms with E-state index in [4.69, 9.17) is 20.6 Å². The van der Waals surface area contributed by atoms with Crippen molar-refractivity contribution in [3.63, 3.8) is 0 Å². The van der Waals surface area contributed by atoms with E-state index in [1.807, 2.05) is 30.3 Å². The number of amidine groups is 1. The van der Waals surface area contributed by atoms with Gasteiger partial charge in [-0.25, -0.2) is 9.59 Å². The van der Waals surface area contributed by atoms with Gasteiger partial charge in [0.15, 0.2) is 0 Å². The van der Waals surface area contributed by atoms with Crippen molar-refractivity contribution in [1.29, 1.82) is 5.41 Å². The fourth-order valence-corrected chi connectivity index (χ4v) is 4.59. The molecule has 0 fully saturated rings. The van der Waals surface area contributed by atoms with Crippen LogP contribution in [0.15, 0.2) is 97.1 Å². The van der Waals surface area contributed by atoms with Gasteiger partial charge in [-0.2, -0.15) is 0 Å². The minimum absolute atomic E-state index is 0.00824. The molecule has 1 atom stereocenters. The van der Waals surface area contributed by atoms with Crippen LogP contribution in [0.2, 0.25) is 0 Å². The summed E-state index contributed by atoms with van der Waals surface area (Å²) < 4.78 is 10.5. The molecule has 0 saturated carbocycles. The van der Waals surface area contributed by atoms with Crippen molar-refractivity contribution in [2.75, 3.05) is 12.4 Å². The first kappa shape index (κ1) is 32.2. The number of hydrogen-bond acceptors (Lipinski definition) is 7. The molecule has 0 saturated heterocycles. The number of hydrogen-bond donors (Lipinski definition) is 4. The van der Waals surface area contributed by atoms with Crippen LogP contribution in [0, 0.1) is 11.3 Å². The Morgan fingerprint density at radius 1 is 0.778 bits per heavy atom. The fourth-order valence-electron chi connectivity index (χ4n) is 4.59. The topological polar surface area (TPSA) is 161 Å². The smallest absolute Gasteiger partial charge is 0.339 e. The summed E-state index contributed by atoms with van der Waals surface area (Å²) in [5.74, 6) is -2.65. The van der Waals surface area contributed by atoms with Crippen LogP contribution in [0.25, 0.3) is 11.1 Å². The summed E-state index contributed by atoms with van der Waals surface area (Å²) in [4.78, 5) is 52.6. The maximum absolute atomic E-state index is 13.6. The van der Waals surface area contributed by atoms with Gasteiger partial charge >= 0.3 is 11.9 Å². The predicted molar refractivity (Wildman–Crippen MR) is 171 cm³/mol. The van der Waals surface area contributed by atoms with Crippen LogP contribution < -0.4 is 16.4 Å². The first-order chi connectivity index (χ1) is 21.6. The average Bonchev–Trinajstić information content (AvgIpc) is 3.05. The highest BCUT2D eigenvalue weighted by atomic mass is 16.5. The van der Waals surface area contributed by atoms with E-state index in [1.54, 1.807) is 68.4 Å². The van der Waals surface area contributed by atoms with Gasteiger partial charge in [0.1, 0.15) is 18.5 Å². The second-order valence-corrected chi connectivity index (χ2v) is 10.5. The van der Waals surface area contributed by atoms with Crippen molar-refractivity contribution in [1.82, 2.24) is 5.32 Å². The van der Waals surface area contributed by atoms with E-state index in [1.165, 1.54) is 19.2 Å². The summed E-state index contributed by atoms with van der Waals surface area (Å²) in [6.45, 7) is 3.54. The number of esters is 2. The minimum Gasteiger partial charge on any atom is -0.467 e. The number of nitrogens with two attached hydrogens (primary N) is 1. The van der Waals surface area contributed by atoms with Crippen LogP contribution in [0.4, 0.5) is 5.69 Å². The lowest BCUT2D eigenvalue weighted by Crippen LogP contribution is -2.45. The lowest BCUT2D eigenvalue weighted by Gasteiger charge is -2.20. The van der Waals surface area contributed by atoms with Crippen molar-refractivity contribution >= 4 is 35.3 Å². The number of ether oxygens (including phenoxy) is 2. The molecule has 0 heterocycles. The molecule has 0 bridgehead atoms. The first-order valence-electron chi connectivity index (χ1n) is 14.2. The molecular formula is C35H34N4O6. The highest BCUT2D eigenvalue weighted by Crippen LogP contribution is 2.30. The molecule has 4 aromatic rings. The van der Waals surface area contributed by atoms with Gasteiger partial charge in [0, 0.05) is 22.4 Å². The molecular weight excluding hydrogens is 572 g/mol. The first-order valence-corrected chi connectivity index (χ1v) is 14.2. The quantitative estimate of drug-likeness (QED) is 0.104. The summed E-state index contributed by atoms with van der Waals surface area (Å²) in [5, 5.41) is 13.1. The molecule has 2 amide bonds. The SMILES string of the molecule is COC(=O)C(NC(=O)c1ccc(-c2ccccc2C(=O)Nc2ccc(C(=N)N)cc2)c(C(=O)OCc2ccccc2)c1)C(C)C. The summed E-state index contributed by atoms with van der Waals surface area (Å²) in [7, 11) is 1.24. The Labute approximate surface area is 261 Å². The molecule has 10 nitrogen and oxygen atoms in total. The highest BCUT2D eigenvalue weighted by molar-refractivity contribution is 6.11. The highest BCUT2D eigenvalue weighted by Gasteiger charge is 2.27. The molecule has 45 heavy (non-hydrogen) atoms. The van der Waals surface area contributed by atoms with Gasteiger partial charge < -0.3 is 25.8 Å². The van der Waals surface area contributed by atoms with Gasteiger partial charge in [-0.05, 0) is 65.1 Å². The number of carbonyl (C=O) groups excluding carboxylic acids is 4. The Morgan fingerprint density at radius 2 is 1.40 bits per heavy atom. The van der Waals surface area contributed by atoms with E-state index in [0.29, 0.717) is 22.4 Å². The number of amides is 2. The average molecular weight is 607 g/mol. The largest absolute Gasteiger partial charge is 0.467 e. The number of benzene rings is 4. The third-order valence-corrected chi connectivity index (χ3v) is 7.04. The minimum atomic E-state index is -0.899. The number of carbonyl (C=O) groups is 4. The van der Waals surface area contributed by atoms with Gasteiger partial charge in [-0.15, -0.1) is 0 Å². The number of methoxy groups -OCH3 is 1. The number of rotatable bonds is 11. The maximum Gasteiger partial charge on any atom is 0.339 e. The molecule has 10 heteroatoms. The van der Waals surface area contributed by atoms with Gasteiger partial charge in [-0.1, -0.05) is 68.4 Å². The Balaban J connectivity index is 1.71. The summed E-state index contributed by atoms with van der Waals surface area (Å²) in [6, 6.07) is 26.0. The second-order valence-electron chi connectivity index (χ2n) is 10.5. The molecule has 0 aliphatic rings. The third kappa shape index (κ3) is 7.99. The molecule has 230 valence electrons.